The van der Waals surface area contributed by atoms with Gasteiger partial charge in [-0.3, -0.25) is 4.79 Å². The van der Waals surface area contributed by atoms with Crippen LogP contribution in [0, 0.1) is 5.41 Å². The predicted octanol–water partition coefficient (Wildman–Crippen LogP) is 2.27. The Morgan fingerprint density at radius 2 is 1.86 bits per heavy atom. The van der Waals surface area contributed by atoms with E-state index in [0.29, 0.717) is 25.4 Å². The van der Waals surface area contributed by atoms with Crippen molar-refractivity contribution < 1.29 is 9.90 Å². The Hall–Kier alpha value is -0.570. The topological polar surface area (TPSA) is 49.3 Å². The Morgan fingerprint density at radius 1 is 1.36 bits per heavy atom. The van der Waals surface area contributed by atoms with Gasteiger partial charge in [-0.15, -0.1) is 0 Å². The average molecular weight is 201 g/mol. The number of nitrogens with one attached hydrogen (secondary N) is 1. The lowest BCUT2D eigenvalue weighted by atomic mass is 9.82. The highest BCUT2D eigenvalue weighted by molar-refractivity contribution is 5.74. The van der Waals surface area contributed by atoms with Gasteiger partial charge in [0.15, 0.2) is 0 Å². The summed E-state index contributed by atoms with van der Waals surface area (Å²) in [5.41, 5.74) is -0.580. The van der Waals surface area contributed by atoms with Crippen molar-refractivity contribution in [2.45, 2.75) is 53.0 Å². The maximum atomic E-state index is 11.1. The zero-order chi connectivity index (χ0) is 11.2. The molecule has 1 atom stereocenters. The summed E-state index contributed by atoms with van der Waals surface area (Å²) < 4.78 is 0. The van der Waals surface area contributed by atoms with E-state index in [1.54, 1.807) is 0 Å². The van der Waals surface area contributed by atoms with E-state index in [2.05, 4.69) is 19.2 Å². The van der Waals surface area contributed by atoms with E-state index in [-0.39, 0.29) is 0 Å². The zero-order valence-corrected chi connectivity index (χ0v) is 9.76. The molecule has 0 saturated carbocycles. The van der Waals surface area contributed by atoms with Gasteiger partial charge in [-0.25, -0.2) is 0 Å². The molecule has 0 aromatic rings. The summed E-state index contributed by atoms with van der Waals surface area (Å²) in [5, 5.41) is 12.4. The van der Waals surface area contributed by atoms with Gasteiger partial charge in [0.2, 0.25) is 0 Å². The molecule has 0 aromatic heterocycles. The summed E-state index contributed by atoms with van der Waals surface area (Å²) >= 11 is 0. The Morgan fingerprint density at radius 3 is 2.14 bits per heavy atom. The second-order valence-corrected chi connectivity index (χ2v) is 3.98. The molecule has 2 N–H and O–H groups in total. The summed E-state index contributed by atoms with van der Waals surface area (Å²) in [7, 11) is 0. The summed E-state index contributed by atoms with van der Waals surface area (Å²) in [5.74, 6) is -0.682. The van der Waals surface area contributed by atoms with Crippen LogP contribution in [0.15, 0.2) is 0 Å². The average Bonchev–Trinajstić information content (AvgIpc) is 2.19. The van der Waals surface area contributed by atoms with Crippen molar-refractivity contribution >= 4 is 5.97 Å². The predicted molar refractivity (Wildman–Crippen MR) is 58.4 cm³/mol. The molecule has 0 aromatic carbocycles. The smallest absolute Gasteiger partial charge is 0.310 e. The van der Waals surface area contributed by atoms with Crippen molar-refractivity contribution in [1.82, 2.24) is 5.32 Å². The van der Waals surface area contributed by atoms with Gasteiger partial charge in [0, 0.05) is 12.6 Å². The van der Waals surface area contributed by atoms with Crippen LogP contribution in [0.25, 0.3) is 0 Å². The number of hydrogen-bond acceptors (Lipinski definition) is 2. The summed E-state index contributed by atoms with van der Waals surface area (Å²) in [6.07, 6.45) is 2.40. The molecule has 84 valence electrons. The lowest BCUT2D eigenvalue weighted by molar-refractivity contribution is -0.149. The lowest BCUT2D eigenvalue weighted by Crippen LogP contribution is -2.43. The van der Waals surface area contributed by atoms with Crippen LogP contribution in [-0.4, -0.2) is 23.7 Å². The fourth-order valence-corrected chi connectivity index (χ4v) is 1.39. The van der Waals surface area contributed by atoms with E-state index in [4.69, 9.17) is 5.11 Å². The molecule has 0 amide bonds. The molecular weight excluding hydrogens is 178 g/mol. The zero-order valence-electron chi connectivity index (χ0n) is 9.76. The third-order valence-electron chi connectivity index (χ3n) is 3.21. The molecule has 3 nitrogen and oxygen atoms in total. The molecule has 0 aliphatic carbocycles. The van der Waals surface area contributed by atoms with E-state index >= 15 is 0 Å². The second-order valence-electron chi connectivity index (χ2n) is 3.98. The minimum atomic E-state index is -0.682. The van der Waals surface area contributed by atoms with Crippen molar-refractivity contribution in [2.24, 2.45) is 5.41 Å². The second kappa shape index (κ2) is 6.02. The normalized spacial score (nSPS) is 14.0. The first-order valence-corrected chi connectivity index (χ1v) is 5.49. The number of carbonyl (C=O) groups is 1. The first kappa shape index (κ1) is 13.4. The van der Waals surface area contributed by atoms with Gasteiger partial charge in [-0.2, -0.15) is 0 Å². The van der Waals surface area contributed by atoms with Crippen LogP contribution in [-0.2, 0) is 4.79 Å². The van der Waals surface area contributed by atoms with Gasteiger partial charge < -0.3 is 10.4 Å². The minimum absolute atomic E-state index is 0.395. The highest BCUT2D eigenvalue weighted by atomic mass is 16.4. The lowest BCUT2D eigenvalue weighted by Gasteiger charge is -2.28. The Bertz CT molecular complexity index is 176. The van der Waals surface area contributed by atoms with Gasteiger partial charge in [-0.05, 0) is 26.2 Å². The quantitative estimate of drug-likeness (QED) is 0.664. The molecule has 0 saturated heterocycles. The van der Waals surface area contributed by atoms with Crippen molar-refractivity contribution in [3.05, 3.63) is 0 Å². The van der Waals surface area contributed by atoms with Crippen molar-refractivity contribution in [2.75, 3.05) is 6.54 Å². The molecule has 0 heterocycles. The maximum absolute atomic E-state index is 11.1. The summed E-state index contributed by atoms with van der Waals surface area (Å²) in [4.78, 5) is 11.1. The van der Waals surface area contributed by atoms with E-state index in [0.717, 1.165) is 6.42 Å². The first-order chi connectivity index (χ1) is 6.52. The van der Waals surface area contributed by atoms with Crippen LogP contribution in [0.1, 0.15) is 47.0 Å². The van der Waals surface area contributed by atoms with Gasteiger partial charge in [0.25, 0.3) is 0 Å². The van der Waals surface area contributed by atoms with E-state index in [1.807, 2.05) is 13.8 Å². The fraction of sp³-hybridized carbons (Fsp3) is 0.909. The third kappa shape index (κ3) is 3.29. The molecule has 1 unspecified atom stereocenters. The standard InChI is InChI=1S/C11H23NO2/c1-5-9(4)12-8-11(6-2,7-3)10(13)14/h9,12H,5-8H2,1-4H3,(H,13,14). The molecule has 0 spiro atoms. The van der Waals surface area contributed by atoms with Gasteiger partial charge in [0.1, 0.15) is 0 Å². The maximum Gasteiger partial charge on any atom is 0.310 e. The number of carboxylic acid groups (broad SMARTS) is 1. The van der Waals surface area contributed by atoms with Gasteiger partial charge in [-0.1, -0.05) is 20.8 Å². The molecule has 0 radical (unpaired) electrons. The van der Waals surface area contributed by atoms with E-state index < -0.39 is 11.4 Å². The largest absolute Gasteiger partial charge is 0.481 e. The molecule has 3 heteroatoms. The van der Waals surface area contributed by atoms with Crippen LogP contribution in [0.2, 0.25) is 0 Å². The third-order valence-corrected chi connectivity index (χ3v) is 3.21. The molecule has 0 fully saturated rings. The van der Waals surface area contributed by atoms with Crippen LogP contribution >= 0.6 is 0 Å². The van der Waals surface area contributed by atoms with Crippen LogP contribution in [0.4, 0.5) is 0 Å². The van der Waals surface area contributed by atoms with Crippen LogP contribution < -0.4 is 5.32 Å². The summed E-state index contributed by atoms with van der Waals surface area (Å²) in [6, 6.07) is 0.395. The highest BCUT2D eigenvalue weighted by Gasteiger charge is 2.34. The molecule has 0 aliphatic rings. The Labute approximate surface area is 86.9 Å². The first-order valence-electron chi connectivity index (χ1n) is 5.49. The molecule has 0 aliphatic heterocycles. The number of hydrogen-bond donors (Lipinski definition) is 2. The molecule has 0 bridgehead atoms. The van der Waals surface area contributed by atoms with Gasteiger partial charge >= 0.3 is 5.97 Å². The Balaban J connectivity index is 4.29. The monoisotopic (exact) mass is 201 g/mol. The number of carboxylic acids is 1. The van der Waals surface area contributed by atoms with E-state index in [9.17, 15) is 4.79 Å². The number of aliphatic carboxylic acids is 1. The van der Waals surface area contributed by atoms with Crippen molar-refractivity contribution in [1.29, 1.82) is 0 Å². The van der Waals surface area contributed by atoms with E-state index in [1.165, 1.54) is 0 Å². The van der Waals surface area contributed by atoms with Crippen molar-refractivity contribution in [3.63, 3.8) is 0 Å². The fourth-order valence-electron chi connectivity index (χ4n) is 1.39. The Kier molecular flexibility index (Phi) is 5.77. The molecule has 14 heavy (non-hydrogen) atoms. The highest BCUT2D eigenvalue weighted by Crippen LogP contribution is 2.25. The van der Waals surface area contributed by atoms with Crippen LogP contribution in [0.5, 0.6) is 0 Å². The summed E-state index contributed by atoms with van der Waals surface area (Å²) in [6.45, 7) is 8.63. The van der Waals surface area contributed by atoms with Gasteiger partial charge in [0.05, 0.1) is 5.41 Å². The SMILES string of the molecule is CCC(C)NCC(CC)(CC)C(=O)O. The number of rotatable bonds is 7. The van der Waals surface area contributed by atoms with Crippen molar-refractivity contribution in [3.8, 4) is 0 Å². The molecule has 0 rings (SSSR count). The minimum Gasteiger partial charge on any atom is -0.481 e. The van der Waals surface area contributed by atoms with Crippen LogP contribution in [0.3, 0.4) is 0 Å². The molecular formula is C11H23NO2.